The summed E-state index contributed by atoms with van der Waals surface area (Å²) in [6.45, 7) is 0. The summed E-state index contributed by atoms with van der Waals surface area (Å²) in [5.41, 5.74) is 0. The van der Waals surface area contributed by atoms with Crippen molar-refractivity contribution in [1.29, 1.82) is 0 Å². The van der Waals surface area contributed by atoms with E-state index in [0.717, 1.165) is 12.8 Å². The Bertz CT molecular complexity index is 552. The van der Waals surface area contributed by atoms with Crippen LogP contribution in [0.1, 0.15) is 19.3 Å². The van der Waals surface area contributed by atoms with Crippen LogP contribution >= 0.6 is 15.9 Å². The molecule has 1 aliphatic rings. The molecule has 1 N–H and O–H groups in total. The van der Waals surface area contributed by atoms with E-state index in [1.54, 1.807) is 24.3 Å². The highest BCUT2D eigenvalue weighted by molar-refractivity contribution is 9.10. The number of sulfone groups is 1. The summed E-state index contributed by atoms with van der Waals surface area (Å²) in [6, 6.07) is 6.79. The quantitative estimate of drug-likeness (QED) is 0.896. The molecule has 0 unspecified atom stereocenters. The first kappa shape index (κ1) is 13.5. The summed E-state index contributed by atoms with van der Waals surface area (Å²) in [4.78, 5) is 11.7. The molecule has 18 heavy (non-hydrogen) atoms. The number of hydrogen-bond acceptors (Lipinski definition) is 3. The van der Waals surface area contributed by atoms with Crippen LogP contribution < -0.4 is 5.32 Å². The van der Waals surface area contributed by atoms with Gasteiger partial charge in [0.1, 0.15) is 0 Å². The van der Waals surface area contributed by atoms with E-state index in [-0.39, 0.29) is 29.0 Å². The second-order valence-corrected chi connectivity index (χ2v) is 7.39. The average Bonchev–Trinajstić information content (AvgIpc) is 3.10. The summed E-state index contributed by atoms with van der Waals surface area (Å²) in [7, 11) is -3.38. The van der Waals surface area contributed by atoms with E-state index in [9.17, 15) is 13.2 Å². The van der Waals surface area contributed by atoms with Gasteiger partial charge >= 0.3 is 0 Å². The van der Waals surface area contributed by atoms with Crippen molar-refractivity contribution in [3.05, 3.63) is 28.7 Å². The van der Waals surface area contributed by atoms with Gasteiger partial charge in [0.25, 0.3) is 0 Å². The molecule has 1 aromatic rings. The van der Waals surface area contributed by atoms with Crippen molar-refractivity contribution >= 4 is 31.7 Å². The van der Waals surface area contributed by atoms with Crippen LogP contribution in [0, 0.1) is 0 Å². The summed E-state index contributed by atoms with van der Waals surface area (Å²) < 4.78 is 24.7. The Balaban J connectivity index is 1.96. The van der Waals surface area contributed by atoms with E-state index >= 15 is 0 Å². The van der Waals surface area contributed by atoms with E-state index in [1.165, 1.54) is 0 Å². The van der Waals surface area contributed by atoms with Crippen molar-refractivity contribution in [3.63, 3.8) is 0 Å². The molecule has 1 aliphatic carbocycles. The molecule has 0 heterocycles. The maximum Gasteiger partial charge on any atom is 0.221 e. The predicted molar refractivity (Wildman–Crippen MR) is 72.0 cm³/mol. The van der Waals surface area contributed by atoms with Crippen LogP contribution in [0.25, 0.3) is 0 Å². The van der Waals surface area contributed by atoms with E-state index in [2.05, 4.69) is 21.2 Å². The van der Waals surface area contributed by atoms with Gasteiger partial charge in [-0.2, -0.15) is 0 Å². The van der Waals surface area contributed by atoms with Crippen LogP contribution in [-0.4, -0.2) is 26.1 Å². The lowest BCUT2D eigenvalue weighted by Crippen LogP contribution is -2.27. The Labute approximate surface area is 115 Å². The van der Waals surface area contributed by atoms with Gasteiger partial charge < -0.3 is 5.32 Å². The molecule has 4 nitrogen and oxygen atoms in total. The summed E-state index contributed by atoms with van der Waals surface area (Å²) in [5.74, 6) is -0.335. The molecule has 2 rings (SSSR count). The third-order valence-electron chi connectivity index (χ3n) is 2.70. The van der Waals surface area contributed by atoms with E-state index in [1.807, 2.05) is 0 Å². The predicted octanol–water partition coefficient (Wildman–Crippen LogP) is 1.89. The van der Waals surface area contributed by atoms with Gasteiger partial charge in [-0.25, -0.2) is 8.42 Å². The van der Waals surface area contributed by atoms with E-state index < -0.39 is 9.84 Å². The van der Waals surface area contributed by atoms with Gasteiger partial charge in [0.05, 0.1) is 10.6 Å². The van der Waals surface area contributed by atoms with Crippen molar-refractivity contribution < 1.29 is 13.2 Å². The van der Waals surface area contributed by atoms with Crippen molar-refractivity contribution in [2.75, 3.05) is 5.75 Å². The highest BCUT2D eigenvalue weighted by atomic mass is 79.9. The number of carbonyl (C=O) groups is 1. The van der Waals surface area contributed by atoms with Gasteiger partial charge in [-0.05, 0) is 31.0 Å². The third-order valence-corrected chi connectivity index (χ3v) is 4.90. The van der Waals surface area contributed by atoms with Crippen LogP contribution in [0.5, 0.6) is 0 Å². The molecule has 98 valence electrons. The maximum atomic E-state index is 12.0. The fourth-order valence-corrected chi connectivity index (χ4v) is 3.37. The topological polar surface area (TPSA) is 63.2 Å². The fraction of sp³-hybridized carbons (Fsp3) is 0.417. The van der Waals surface area contributed by atoms with Gasteiger partial charge in [0, 0.05) is 16.9 Å². The average molecular weight is 332 g/mol. The minimum atomic E-state index is -3.38. The number of carbonyl (C=O) groups excluding carboxylic acids is 1. The van der Waals surface area contributed by atoms with Crippen molar-refractivity contribution in [2.45, 2.75) is 30.2 Å². The molecule has 0 aromatic heterocycles. The Morgan fingerprint density at radius 2 is 2.11 bits per heavy atom. The van der Waals surface area contributed by atoms with Gasteiger partial charge in [0.2, 0.25) is 5.91 Å². The maximum absolute atomic E-state index is 12.0. The molecule has 0 saturated heterocycles. The highest BCUT2D eigenvalue weighted by Gasteiger charge is 2.24. The molecule has 0 atom stereocenters. The van der Waals surface area contributed by atoms with Crippen molar-refractivity contribution in [2.24, 2.45) is 0 Å². The Morgan fingerprint density at radius 1 is 1.39 bits per heavy atom. The lowest BCUT2D eigenvalue weighted by molar-refractivity contribution is -0.120. The molecular formula is C12H14BrNO3S. The smallest absolute Gasteiger partial charge is 0.221 e. The molecule has 1 amide bonds. The van der Waals surface area contributed by atoms with Crippen LogP contribution in [-0.2, 0) is 14.6 Å². The van der Waals surface area contributed by atoms with Crippen LogP contribution in [0.3, 0.4) is 0 Å². The summed E-state index contributed by atoms with van der Waals surface area (Å²) in [5, 5.41) is 2.78. The summed E-state index contributed by atoms with van der Waals surface area (Å²) >= 11 is 3.23. The van der Waals surface area contributed by atoms with Crippen molar-refractivity contribution in [1.82, 2.24) is 5.32 Å². The fourth-order valence-electron chi connectivity index (χ4n) is 1.53. The standard InChI is InChI=1S/C12H14BrNO3S/c13-9-2-1-3-11(8-9)18(16,17)7-6-12(15)14-10-4-5-10/h1-3,8,10H,4-7H2,(H,14,15). The number of amides is 1. The van der Waals surface area contributed by atoms with Crippen LogP contribution in [0.2, 0.25) is 0 Å². The Morgan fingerprint density at radius 3 is 2.72 bits per heavy atom. The molecule has 1 fully saturated rings. The van der Waals surface area contributed by atoms with Crippen LogP contribution in [0.15, 0.2) is 33.6 Å². The molecule has 0 aliphatic heterocycles. The molecule has 1 aromatic carbocycles. The summed E-state index contributed by atoms with van der Waals surface area (Å²) in [6.07, 6.45) is 2.03. The first-order valence-electron chi connectivity index (χ1n) is 5.75. The molecule has 0 spiro atoms. The first-order chi connectivity index (χ1) is 8.47. The zero-order valence-electron chi connectivity index (χ0n) is 9.73. The molecule has 6 heteroatoms. The second kappa shape index (κ2) is 5.40. The number of hydrogen-bond donors (Lipinski definition) is 1. The van der Waals surface area contributed by atoms with Crippen molar-refractivity contribution in [3.8, 4) is 0 Å². The number of halogens is 1. The van der Waals surface area contributed by atoms with Gasteiger partial charge in [0.15, 0.2) is 9.84 Å². The highest BCUT2D eigenvalue weighted by Crippen LogP contribution is 2.20. The molecule has 0 bridgehead atoms. The number of benzene rings is 1. The normalized spacial score (nSPS) is 15.4. The number of rotatable bonds is 5. The first-order valence-corrected chi connectivity index (χ1v) is 8.19. The largest absolute Gasteiger partial charge is 0.353 e. The zero-order chi connectivity index (χ0) is 13.2. The minimum absolute atomic E-state index is 0.0192. The molecular weight excluding hydrogens is 318 g/mol. The van der Waals surface area contributed by atoms with E-state index in [0.29, 0.717) is 4.47 Å². The van der Waals surface area contributed by atoms with Gasteiger partial charge in [-0.1, -0.05) is 22.0 Å². The van der Waals surface area contributed by atoms with E-state index in [4.69, 9.17) is 0 Å². The lowest BCUT2D eigenvalue weighted by atomic mass is 10.4. The minimum Gasteiger partial charge on any atom is -0.353 e. The third kappa shape index (κ3) is 3.81. The molecule has 0 radical (unpaired) electrons. The zero-order valence-corrected chi connectivity index (χ0v) is 12.1. The van der Waals surface area contributed by atoms with Gasteiger partial charge in [-0.3, -0.25) is 4.79 Å². The molecule has 1 saturated carbocycles. The Kier molecular flexibility index (Phi) is 4.07. The number of nitrogens with one attached hydrogen (secondary N) is 1. The SMILES string of the molecule is O=C(CCS(=O)(=O)c1cccc(Br)c1)NC1CC1. The second-order valence-electron chi connectivity index (χ2n) is 4.37. The van der Waals surface area contributed by atoms with Crippen LogP contribution in [0.4, 0.5) is 0 Å². The lowest BCUT2D eigenvalue weighted by Gasteiger charge is -2.05. The monoisotopic (exact) mass is 331 g/mol. The Hall–Kier alpha value is -0.880. The van der Waals surface area contributed by atoms with Gasteiger partial charge in [-0.15, -0.1) is 0 Å².